The molecular formula is C23H23N7O2. The van der Waals surface area contributed by atoms with E-state index in [1.54, 1.807) is 34.2 Å². The second-order valence-electron chi connectivity index (χ2n) is 8.02. The molecule has 32 heavy (non-hydrogen) atoms. The average Bonchev–Trinajstić information content (AvgIpc) is 3.53. The van der Waals surface area contributed by atoms with Crippen LogP contribution in [-0.4, -0.2) is 55.6 Å². The number of amides is 2. The van der Waals surface area contributed by atoms with Crippen LogP contribution >= 0.6 is 0 Å². The van der Waals surface area contributed by atoms with E-state index in [1.165, 1.54) is 0 Å². The second kappa shape index (κ2) is 7.84. The predicted molar refractivity (Wildman–Crippen MR) is 121 cm³/mol. The topological polar surface area (TPSA) is 122 Å². The summed E-state index contributed by atoms with van der Waals surface area (Å²) in [6.45, 7) is 1.02. The van der Waals surface area contributed by atoms with Gasteiger partial charge in [0.2, 0.25) is 0 Å². The van der Waals surface area contributed by atoms with Crippen molar-refractivity contribution in [2.45, 2.75) is 12.5 Å². The lowest BCUT2D eigenvalue weighted by molar-refractivity contribution is 0.0785. The lowest BCUT2D eigenvalue weighted by atomic mass is 10.1. The fourth-order valence-corrected chi connectivity index (χ4v) is 4.13. The van der Waals surface area contributed by atoms with Crippen molar-refractivity contribution in [3.05, 3.63) is 66.2 Å². The molecule has 4 N–H and O–H groups in total. The highest BCUT2D eigenvalue weighted by molar-refractivity contribution is 6.07. The number of rotatable bonds is 4. The molecule has 5 rings (SSSR count). The van der Waals surface area contributed by atoms with Gasteiger partial charge in [-0.05, 0) is 18.6 Å². The van der Waals surface area contributed by atoms with Crippen LogP contribution in [0.2, 0.25) is 0 Å². The van der Waals surface area contributed by atoms with Crippen LogP contribution in [0, 0.1) is 0 Å². The molecule has 4 heterocycles. The zero-order valence-corrected chi connectivity index (χ0v) is 17.6. The lowest BCUT2D eigenvalue weighted by Gasteiger charge is -2.17. The van der Waals surface area contributed by atoms with E-state index in [2.05, 4.69) is 20.4 Å². The first-order valence-electron chi connectivity index (χ1n) is 10.4. The molecule has 0 saturated carbocycles. The number of aryl methyl sites for hydroxylation is 1. The summed E-state index contributed by atoms with van der Waals surface area (Å²) >= 11 is 0. The Kier molecular flexibility index (Phi) is 4.85. The second-order valence-corrected chi connectivity index (χ2v) is 8.02. The van der Waals surface area contributed by atoms with Crippen LogP contribution in [0.3, 0.4) is 0 Å². The third-order valence-corrected chi connectivity index (χ3v) is 5.83. The maximum atomic E-state index is 13.0. The van der Waals surface area contributed by atoms with Crippen LogP contribution in [0.4, 0.5) is 5.82 Å². The van der Waals surface area contributed by atoms with Crippen molar-refractivity contribution >= 4 is 28.5 Å². The third kappa shape index (κ3) is 3.58. The van der Waals surface area contributed by atoms with Gasteiger partial charge in [0.25, 0.3) is 11.8 Å². The number of para-hydroxylation sites is 1. The first kappa shape index (κ1) is 19.8. The SMILES string of the molecule is Cn1cc(-c2cnc(N)c(C(=O)N[C@@H]3CCN(C(=O)c4c[nH]c5ccccc45)C3)c2)cn1. The third-order valence-electron chi connectivity index (χ3n) is 5.83. The van der Waals surface area contributed by atoms with Crippen LogP contribution in [0.5, 0.6) is 0 Å². The molecule has 0 aliphatic carbocycles. The van der Waals surface area contributed by atoms with Gasteiger partial charge in [-0.2, -0.15) is 5.10 Å². The fraction of sp³-hybridized carbons (Fsp3) is 0.217. The zero-order chi connectivity index (χ0) is 22.2. The van der Waals surface area contributed by atoms with Crippen molar-refractivity contribution < 1.29 is 9.59 Å². The van der Waals surface area contributed by atoms with E-state index in [9.17, 15) is 9.59 Å². The monoisotopic (exact) mass is 429 g/mol. The molecule has 1 atom stereocenters. The van der Waals surface area contributed by atoms with Crippen molar-refractivity contribution in [1.29, 1.82) is 0 Å². The Morgan fingerprint density at radius 3 is 2.84 bits per heavy atom. The molecule has 1 aliphatic rings. The number of likely N-dealkylation sites (tertiary alicyclic amines) is 1. The zero-order valence-electron chi connectivity index (χ0n) is 17.6. The van der Waals surface area contributed by atoms with E-state index in [4.69, 9.17) is 5.73 Å². The summed E-state index contributed by atoms with van der Waals surface area (Å²) in [7, 11) is 1.82. The van der Waals surface area contributed by atoms with Crippen LogP contribution in [0.1, 0.15) is 27.1 Å². The minimum absolute atomic E-state index is 0.0426. The molecule has 0 spiro atoms. The summed E-state index contributed by atoms with van der Waals surface area (Å²) in [6, 6.07) is 9.28. The number of nitrogen functional groups attached to an aromatic ring is 1. The first-order valence-corrected chi connectivity index (χ1v) is 10.4. The summed E-state index contributed by atoms with van der Waals surface area (Å²) in [5, 5.41) is 8.06. The number of anilines is 1. The summed E-state index contributed by atoms with van der Waals surface area (Å²) < 4.78 is 1.68. The number of hydrogen-bond acceptors (Lipinski definition) is 5. The largest absolute Gasteiger partial charge is 0.383 e. The van der Waals surface area contributed by atoms with Crippen molar-refractivity contribution in [3.63, 3.8) is 0 Å². The van der Waals surface area contributed by atoms with Gasteiger partial charge in [0.1, 0.15) is 5.82 Å². The summed E-state index contributed by atoms with van der Waals surface area (Å²) in [5.74, 6) is -0.175. The van der Waals surface area contributed by atoms with Gasteiger partial charge in [-0.15, -0.1) is 0 Å². The van der Waals surface area contributed by atoms with Crippen LogP contribution in [-0.2, 0) is 7.05 Å². The van der Waals surface area contributed by atoms with Gasteiger partial charge < -0.3 is 20.9 Å². The van der Waals surface area contributed by atoms with Gasteiger partial charge in [-0.3, -0.25) is 14.3 Å². The molecular weight excluding hydrogens is 406 g/mol. The highest BCUT2D eigenvalue weighted by Gasteiger charge is 2.29. The maximum absolute atomic E-state index is 13.0. The summed E-state index contributed by atoms with van der Waals surface area (Å²) in [5.41, 5.74) is 9.48. The number of fused-ring (bicyclic) bond motifs is 1. The Bertz CT molecular complexity index is 1320. The minimum Gasteiger partial charge on any atom is -0.383 e. The molecule has 3 aromatic heterocycles. The molecule has 1 saturated heterocycles. The number of nitrogens with zero attached hydrogens (tertiary/aromatic N) is 4. The Morgan fingerprint density at radius 2 is 2.03 bits per heavy atom. The van der Waals surface area contributed by atoms with Gasteiger partial charge in [-0.25, -0.2) is 4.98 Å². The molecule has 9 nitrogen and oxygen atoms in total. The number of carbonyl (C=O) groups is 2. The van der Waals surface area contributed by atoms with Gasteiger partial charge in [0.05, 0.1) is 17.3 Å². The van der Waals surface area contributed by atoms with Gasteiger partial charge in [-0.1, -0.05) is 18.2 Å². The Labute approximate surface area is 184 Å². The Hall–Kier alpha value is -4.14. The quantitative estimate of drug-likeness (QED) is 0.459. The standard InChI is InChI=1S/C23H23N7O2/c1-29-12-15(10-27-29)14-8-18(21(24)26-9-14)22(31)28-16-6-7-30(13-16)23(32)19-11-25-20-5-3-2-4-17(19)20/h2-5,8-12,16,25H,6-7,13H2,1H3,(H2,24,26)(H,28,31)/t16-/m1/s1. The molecule has 4 aromatic rings. The van der Waals surface area contributed by atoms with Crippen molar-refractivity contribution in [3.8, 4) is 11.1 Å². The van der Waals surface area contributed by atoms with E-state index in [0.717, 1.165) is 22.0 Å². The molecule has 0 bridgehead atoms. The van der Waals surface area contributed by atoms with E-state index in [0.29, 0.717) is 30.6 Å². The van der Waals surface area contributed by atoms with Crippen molar-refractivity contribution in [1.82, 2.24) is 30.0 Å². The number of nitrogens with two attached hydrogens (primary N) is 1. The molecule has 162 valence electrons. The average molecular weight is 429 g/mol. The number of hydrogen-bond donors (Lipinski definition) is 3. The van der Waals surface area contributed by atoms with Crippen LogP contribution in [0.15, 0.2) is 55.1 Å². The number of carbonyl (C=O) groups excluding carboxylic acids is 2. The van der Waals surface area contributed by atoms with Crippen LogP contribution in [0.25, 0.3) is 22.0 Å². The molecule has 0 radical (unpaired) electrons. The van der Waals surface area contributed by atoms with Gasteiger partial charge >= 0.3 is 0 Å². The maximum Gasteiger partial charge on any atom is 0.256 e. The predicted octanol–water partition coefficient (Wildman–Crippen LogP) is 2.19. The number of pyridine rings is 1. The molecule has 0 unspecified atom stereocenters. The Morgan fingerprint density at radius 1 is 1.19 bits per heavy atom. The van der Waals surface area contributed by atoms with E-state index >= 15 is 0 Å². The molecule has 1 fully saturated rings. The van der Waals surface area contributed by atoms with E-state index < -0.39 is 0 Å². The molecule has 2 amide bonds. The highest BCUT2D eigenvalue weighted by atomic mass is 16.2. The lowest BCUT2D eigenvalue weighted by Crippen LogP contribution is -2.38. The summed E-state index contributed by atoms with van der Waals surface area (Å²) in [4.78, 5) is 35.1. The van der Waals surface area contributed by atoms with Crippen molar-refractivity contribution in [2.75, 3.05) is 18.8 Å². The number of nitrogens with one attached hydrogen (secondary N) is 2. The summed E-state index contributed by atoms with van der Waals surface area (Å²) in [6.07, 6.45) is 7.60. The Balaban J connectivity index is 1.28. The first-order chi connectivity index (χ1) is 15.5. The smallest absolute Gasteiger partial charge is 0.256 e. The number of H-pyrrole nitrogens is 1. The van der Waals surface area contributed by atoms with Gasteiger partial charge in [0.15, 0.2) is 0 Å². The van der Waals surface area contributed by atoms with Crippen LogP contribution < -0.4 is 11.1 Å². The normalized spacial score (nSPS) is 15.9. The molecule has 1 aliphatic heterocycles. The minimum atomic E-state index is -0.299. The molecule has 9 heteroatoms. The fourth-order valence-electron chi connectivity index (χ4n) is 4.13. The highest BCUT2D eigenvalue weighted by Crippen LogP contribution is 2.23. The van der Waals surface area contributed by atoms with Gasteiger partial charge in [0, 0.05) is 66.8 Å². The number of benzene rings is 1. The number of aromatic nitrogens is 4. The van der Waals surface area contributed by atoms with E-state index in [1.807, 2.05) is 37.5 Å². The molecule has 1 aromatic carbocycles. The van der Waals surface area contributed by atoms with Crippen molar-refractivity contribution in [2.24, 2.45) is 7.05 Å². The van der Waals surface area contributed by atoms with E-state index in [-0.39, 0.29) is 23.7 Å². The number of aromatic amines is 1.